The van der Waals surface area contributed by atoms with Gasteiger partial charge in [-0.1, -0.05) is 30.3 Å². The Hall–Kier alpha value is -2.21. The van der Waals surface area contributed by atoms with Gasteiger partial charge in [0.1, 0.15) is 0 Å². The van der Waals surface area contributed by atoms with Crippen LogP contribution in [0.25, 0.3) is 6.08 Å². The molecule has 6 heteroatoms. The van der Waals surface area contributed by atoms with Crippen molar-refractivity contribution in [2.24, 2.45) is 5.92 Å². The van der Waals surface area contributed by atoms with Crippen LogP contribution in [-0.2, 0) is 9.59 Å². The molecule has 0 spiro atoms. The van der Waals surface area contributed by atoms with Gasteiger partial charge < -0.3 is 0 Å². The van der Waals surface area contributed by atoms with E-state index in [1.807, 2.05) is 30.3 Å². The Morgan fingerprint density at radius 2 is 1.85 bits per heavy atom. The lowest BCUT2D eigenvalue weighted by Gasteiger charge is -2.08. The van der Waals surface area contributed by atoms with Crippen molar-refractivity contribution in [2.75, 3.05) is 0 Å². The summed E-state index contributed by atoms with van der Waals surface area (Å²) in [6.45, 7) is 0. The molecule has 0 aromatic heterocycles. The van der Waals surface area contributed by atoms with E-state index in [1.165, 1.54) is 6.08 Å². The van der Waals surface area contributed by atoms with Gasteiger partial charge in [-0.15, -0.1) is 0 Å². The number of carbonyl (C=O) groups excluding carboxylic acids is 2. The number of nitrogens with one attached hydrogen (secondary N) is 3. The lowest BCUT2D eigenvalue weighted by atomic mass is 10.2. The van der Waals surface area contributed by atoms with Crippen molar-refractivity contribution in [3.63, 3.8) is 0 Å². The smallest absolute Gasteiger partial charge is 0.250 e. The van der Waals surface area contributed by atoms with Crippen molar-refractivity contribution in [1.29, 1.82) is 0 Å². The maximum Gasteiger partial charge on any atom is 0.250 e. The van der Waals surface area contributed by atoms with Crippen LogP contribution in [0.15, 0.2) is 36.4 Å². The number of hydrogen-bond donors (Lipinski definition) is 3. The largest absolute Gasteiger partial charge is 0.298 e. The highest BCUT2D eigenvalue weighted by Crippen LogP contribution is 2.28. The van der Waals surface area contributed by atoms with Crippen LogP contribution in [0.5, 0.6) is 0 Å². The summed E-state index contributed by atoms with van der Waals surface area (Å²) in [7, 11) is 0. The molecule has 2 amide bonds. The highest BCUT2D eigenvalue weighted by molar-refractivity contribution is 7.80. The maximum atomic E-state index is 11.6. The first-order chi connectivity index (χ1) is 9.65. The minimum atomic E-state index is -0.355. The lowest BCUT2D eigenvalue weighted by molar-refractivity contribution is -0.123. The summed E-state index contributed by atoms with van der Waals surface area (Å²) in [6, 6.07) is 9.44. The number of amides is 2. The third-order valence-corrected chi connectivity index (χ3v) is 2.91. The van der Waals surface area contributed by atoms with Crippen molar-refractivity contribution in [2.45, 2.75) is 12.8 Å². The molecule has 0 aliphatic heterocycles. The summed E-state index contributed by atoms with van der Waals surface area (Å²) in [6.07, 6.45) is 4.88. The minimum absolute atomic E-state index is 0.0710. The molecule has 0 heterocycles. The molecule has 0 radical (unpaired) electrons. The van der Waals surface area contributed by atoms with E-state index < -0.39 is 0 Å². The van der Waals surface area contributed by atoms with Crippen LogP contribution in [0.4, 0.5) is 0 Å². The monoisotopic (exact) mass is 289 g/mol. The molecule has 1 aliphatic rings. The Bertz CT molecular complexity index is 539. The minimum Gasteiger partial charge on any atom is -0.298 e. The third-order valence-electron chi connectivity index (χ3n) is 2.71. The number of hydrazine groups is 1. The Balaban J connectivity index is 1.72. The lowest BCUT2D eigenvalue weighted by Crippen LogP contribution is -2.48. The third kappa shape index (κ3) is 4.81. The average Bonchev–Trinajstić information content (AvgIpc) is 3.28. The molecule has 0 bridgehead atoms. The van der Waals surface area contributed by atoms with E-state index in [9.17, 15) is 9.59 Å². The zero-order chi connectivity index (χ0) is 14.4. The quantitative estimate of drug-likeness (QED) is 0.443. The molecule has 0 saturated heterocycles. The van der Waals surface area contributed by atoms with E-state index in [0.29, 0.717) is 0 Å². The van der Waals surface area contributed by atoms with Gasteiger partial charge in [-0.2, -0.15) is 0 Å². The zero-order valence-electron chi connectivity index (χ0n) is 10.8. The average molecular weight is 289 g/mol. The van der Waals surface area contributed by atoms with Gasteiger partial charge in [0.15, 0.2) is 5.11 Å². The first-order valence-electron chi connectivity index (χ1n) is 6.29. The first-order valence-corrected chi connectivity index (χ1v) is 6.70. The Kier molecular flexibility index (Phi) is 4.84. The Labute approximate surface area is 122 Å². The van der Waals surface area contributed by atoms with Crippen molar-refractivity contribution in [3.8, 4) is 0 Å². The molecule has 1 saturated carbocycles. The number of carbonyl (C=O) groups is 2. The molecule has 5 nitrogen and oxygen atoms in total. The van der Waals surface area contributed by atoms with Crippen LogP contribution in [0.2, 0.25) is 0 Å². The molecule has 1 aromatic carbocycles. The first kappa shape index (κ1) is 14.2. The topological polar surface area (TPSA) is 70.2 Å². The highest BCUT2D eigenvalue weighted by Gasteiger charge is 2.29. The Morgan fingerprint density at radius 3 is 2.50 bits per heavy atom. The van der Waals surface area contributed by atoms with Gasteiger partial charge in [0, 0.05) is 12.0 Å². The van der Waals surface area contributed by atoms with Crippen LogP contribution in [-0.4, -0.2) is 16.9 Å². The van der Waals surface area contributed by atoms with E-state index in [0.717, 1.165) is 18.4 Å². The predicted molar refractivity (Wildman–Crippen MR) is 80.2 cm³/mol. The predicted octanol–water partition coefficient (Wildman–Crippen LogP) is 1.13. The molecule has 1 aromatic rings. The van der Waals surface area contributed by atoms with Gasteiger partial charge in [-0.25, -0.2) is 0 Å². The molecule has 3 N–H and O–H groups in total. The van der Waals surface area contributed by atoms with Crippen LogP contribution in [0, 0.1) is 5.92 Å². The zero-order valence-corrected chi connectivity index (χ0v) is 11.6. The highest BCUT2D eigenvalue weighted by atomic mass is 32.1. The SMILES string of the molecule is O=C(C=Cc1ccccc1)NC(=S)NNC(=O)C1CC1. The number of thiocarbonyl (C=S) groups is 1. The van der Waals surface area contributed by atoms with Crippen molar-refractivity contribution >= 4 is 35.2 Å². The standard InChI is InChI=1S/C14H15N3O2S/c18-12(9-6-10-4-2-1-3-5-10)15-14(20)17-16-13(19)11-7-8-11/h1-6,9,11H,7-8H2,(H,16,19)(H2,15,17,18,20). The van der Waals surface area contributed by atoms with Gasteiger partial charge in [-0.3, -0.25) is 25.8 Å². The molecule has 1 fully saturated rings. The molecule has 104 valence electrons. The second-order valence-corrected chi connectivity index (χ2v) is 4.86. The summed E-state index contributed by atoms with van der Waals surface area (Å²) in [4.78, 5) is 22.9. The van der Waals surface area contributed by atoms with Crippen LogP contribution in [0.3, 0.4) is 0 Å². The van der Waals surface area contributed by atoms with Crippen molar-refractivity contribution < 1.29 is 9.59 Å². The fraction of sp³-hybridized carbons (Fsp3) is 0.214. The number of benzene rings is 1. The molecular weight excluding hydrogens is 274 g/mol. The second-order valence-electron chi connectivity index (χ2n) is 4.45. The summed E-state index contributed by atoms with van der Waals surface area (Å²) in [5.74, 6) is -0.368. The number of rotatable bonds is 3. The van der Waals surface area contributed by atoms with Gasteiger partial charge in [0.05, 0.1) is 0 Å². The fourth-order valence-corrected chi connectivity index (χ4v) is 1.64. The van der Waals surface area contributed by atoms with Gasteiger partial charge in [0.2, 0.25) is 11.8 Å². The van der Waals surface area contributed by atoms with Gasteiger partial charge in [0.25, 0.3) is 0 Å². The molecule has 0 unspecified atom stereocenters. The van der Waals surface area contributed by atoms with Crippen LogP contribution >= 0.6 is 12.2 Å². The summed E-state index contributed by atoms with van der Waals surface area (Å²) < 4.78 is 0. The maximum absolute atomic E-state index is 11.6. The van der Waals surface area contributed by atoms with Crippen molar-refractivity contribution in [1.82, 2.24) is 16.2 Å². The number of hydrogen-bond acceptors (Lipinski definition) is 3. The van der Waals surface area contributed by atoms with Gasteiger partial charge in [-0.05, 0) is 36.7 Å². The summed E-state index contributed by atoms with van der Waals surface area (Å²) >= 11 is 4.89. The van der Waals surface area contributed by atoms with E-state index in [1.54, 1.807) is 6.08 Å². The molecule has 0 atom stereocenters. The van der Waals surface area contributed by atoms with E-state index in [4.69, 9.17) is 12.2 Å². The van der Waals surface area contributed by atoms with E-state index >= 15 is 0 Å². The Morgan fingerprint density at radius 1 is 1.15 bits per heavy atom. The van der Waals surface area contributed by atoms with Crippen LogP contribution in [0.1, 0.15) is 18.4 Å². The molecule has 2 rings (SSSR count). The molecule has 20 heavy (non-hydrogen) atoms. The molecular formula is C14H15N3O2S. The van der Waals surface area contributed by atoms with E-state index in [-0.39, 0.29) is 22.8 Å². The summed E-state index contributed by atoms with van der Waals surface area (Å²) in [5.41, 5.74) is 5.87. The summed E-state index contributed by atoms with van der Waals surface area (Å²) in [5, 5.41) is 2.52. The van der Waals surface area contributed by atoms with Crippen LogP contribution < -0.4 is 16.2 Å². The normalized spacial score (nSPS) is 13.8. The van der Waals surface area contributed by atoms with Crippen molar-refractivity contribution in [3.05, 3.63) is 42.0 Å². The fourth-order valence-electron chi connectivity index (χ4n) is 1.49. The van der Waals surface area contributed by atoms with Gasteiger partial charge >= 0.3 is 0 Å². The second kappa shape index (κ2) is 6.81. The van der Waals surface area contributed by atoms with E-state index in [2.05, 4.69) is 16.2 Å². The molecule has 1 aliphatic carbocycles.